The second-order valence-electron chi connectivity index (χ2n) is 11.2. The minimum Gasteiger partial charge on any atom is -0.394 e. The molecule has 21 nitrogen and oxygen atoms in total. The van der Waals surface area contributed by atoms with E-state index in [0.29, 0.717) is 0 Å². The Bertz CT molecular complexity index is 914. The lowest BCUT2D eigenvalue weighted by Gasteiger charge is -2.46. The van der Waals surface area contributed by atoms with Crippen LogP contribution in [0.5, 0.6) is 0 Å². The Morgan fingerprint density at radius 1 is 0.378 bits per heavy atom. The largest absolute Gasteiger partial charge is 0.394 e. The quantitative estimate of drug-likeness (QED) is 0.103. The van der Waals surface area contributed by atoms with Crippen molar-refractivity contribution in [2.75, 3.05) is 26.4 Å². The lowest BCUT2D eigenvalue weighted by Crippen LogP contribution is -2.65. The molecule has 0 aromatic heterocycles. The zero-order chi connectivity index (χ0) is 33.3. The summed E-state index contributed by atoms with van der Waals surface area (Å²) in [5, 5.41) is 141. The smallest absolute Gasteiger partial charge is 0.187 e. The first-order valence-electron chi connectivity index (χ1n) is 14.1. The Labute approximate surface area is 254 Å². The van der Waals surface area contributed by atoms with Crippen molar-refractivity contribution in [1.29, 1.82) is 0 Å². The van der Waals surface area contributed by atoms with Crippen LogP contribution in [0.1, 0.15) is 0 Å². The molecule has 0 bridgehead atoms. The van der Waals surface area contributed by atoms with Gasteiger partial charge in [-0.3, -0.25) is 0 Å². The van der Waals surface area contributed by atoms with Crippen molar-refractivity contribution < 1.29 is 105 Å². The Morgan fingerprint density at radius 2 is 0.778 bits per heavy atom. The Hall–Kier alpha value is -0.840. The van der Waals surface area contributed by atoms with Gasteiger partial charge >= 0.3 is 0 Å². The number of ether oxygens (including phenoxy) is 7. The lowest BCUT2D eigenvalue weighted by atomic mass is 9.97. The summed E-state index contributed by atoms with van der Waals surface area (Å²) in [7, 11) is 0. The molecule has 21 heteroatoms. The molecule has 0 aliphatic carbocycles. The minimum absolute atomic E-state index is 0.634. The highest BCUT2D eigenvalue weighted by atomic mass is 16.8. The first-order chi connectivity index (χ1) is 21.2. The van der Waals surface area contributed by atoms with Crippen molar-refractivity contribution in [2.24, 2.45) is 0 Å². The zero-order valence-electron chi connectivity index (χ0n) is 23.5. The number of aliphatic hydroxyl groups excluding tert-OH is 14. The van der Waals surface area contributed by atoms with Crippen LogP contribution in [0.4, 0.5) is 0 Å². The first kappa shape index (κ1) is 37.0. The average Bonchev–Trinajstić information content (AvgIpc) is 3.03. The molecular weight excluding hydrogens is 624 g/mol. The molecule has 14 N–H and O–H groups in total. The fourth-order valence-electron chi connectivity index (χ4n) is 5.33. The predicted octanol–water partition coefficient (Wildman–Crippen LogP) is -9.75. The fraction of sp³-hybridized carbons (Fsp3) is 1.00. The van der Waals surface area contributed by atoms with E-state index < -0.39 is 149 Å². The molecule has 0 amide bonds. The van der Waals surface area contributed by atoms with E-state index in [9.17, 15) is 71.5 Å². The number of hydrogen-bond donors (Lipinski definition) is 14. The van der Waals surface area contributed by atoms with Crippen LogP contribution >= 0.6 is 0 Å². The van der Waals surface area contributed by atoms with Gasteiger partial charge in [0, 0.05) is 0 Å². The number of aliphatic hydroxyl groups is 14. The van der Waals surface area contributed by atoms with Crippen molar-refractivity contribution in [3.05, 3.63) is 0 Å². The fourth-order valence-corrected chi connectivity index (χ4v) is 5.33. The van der Waals surface area contributed by atoms with Gasteiger partial charge in [0.2, 0.25) is 0 Å². The third-order valence-electron chi connectivity index (χ3n) is 8.17. The van der Waals surface area contributed by atoms with Gasteiger partial charge in [-0.2, -0.15) is 0 Å². The second kappa shape index (κ2) is 15.6. The normalized spacial score (nSPS) is 52.9. The van der Waals surface area contributed by atoms with E-state index in [0.717, 1.165) is 0 Å². The summed E-state index contributed by atoms with van der Waals surface area (Å²) in [5.41, 5.74) is 0. The van der Waals surface area contributed by atoms with Crippen LogP contribution in [0.15, 0.2) is 0 Å². The topological polar surface area (TPSA) is 348 Å². The maximum atomic E-state index is 10.7. The van der Waals surface area contributed by atoms with Crippen molar-refractivity contribution >= 4 is 0 Å². The predicted molar refractivity (Wildman–Crippen MR) is 134 cm³/mol. The molecule has 4 heterocycles. The van der Waals surface area contributed by atoms with Crippen molar-refractivity contribution in [3.63, 3.8) is 0 Å². The minimum atomic E-state index is -1.91. The lowest BCUT2D eigenvalue weighted by molar-refractivity contribution is -0.365. The molecule has 4 saturated heterocycles. The van der Waals surface area contributed by atoms with Crippen LogP contribution in [0.2, 0.25) is 0 Å². The van der Waals surface area contributed by atoms with E-state index in [4.69, 9.17) is 33.2 Å². The Balaban J connectivity index is 1.35. The van der Waals surface area contributed by atoms with Gasteiger partial charge in [0.05, 0.1) is 26.4 Å². The monoisotopic (exact) mass is 666 g/mol. The highest BCUT2D eigenvalue weighted by Gasteiger charge is 2.52. The van der Waals surface area contributed by atoms with Gasteiger partial charge in [-0.15, -0.1) is 0 Å². The van der Waals surface area contributed by atoms with Crippen LogP contribution < -0.4 is 0 Å². The summed E-state index contributed by atoms with van der Waals surface area (Å²) in [4.78, 5) is 0. The van der Waals surface area contributed by atoms with E-state index in [-0.39, 0.29) is 0 Å². The van der Waals surface area contributed by atoms with E-state index >= 15 is 0 Å². The SMILES string of the molecule is OC[C@H]1O[C@H](O[C@@H]2[C@H](O)[C@@H](O)[C@H](OC[C@H]3O[C@@H](OC[C@H]4O[C@@H](O)[C@H](O)[C@@H](O)[C@H]4O)[C@H](O)[C@@H](O)[C@H]3O)O[C@@H]2CO)[C@H](O)[C@@H](O)[C@H]1O. The summed E-state index contributed by atoms with van der Waals surface area (Å²) in [6, 6.07) is 0. The summed E-state index contributed by atoms with van der Waals surface area (Å²) in [5.74, 6) is 0. The molecule has 0 unspecified atom stereocenters. The maximum Gasteiger partial charge on any atom is 0.187 e. The van der Waals surface area contributed by atoms with Gasteiger partial charge < -0.3 is 105 Å². The molecule has 4 aliphatic rings. The van der Waals surface area contributed by atoms with E-state index in [1.807, 2.05) is 0 Å². The van der Waals surface area contributed by atoms with Crippen molar-refractivity contribution in [2.45, 2.75) is 123 Å². The van der Waals surface area contributed by atoms with Gasteiger partial charge in [-0.25, -0.2) is 0 Å². The molecule has 0 aromatic rings. The second-order valence-corrected chi connectivity index (χ2v) is 11.2. The van der Waals surface area contributed by atoms with Gasteiger partial charge in [-0.1, -0.05) is 0 Å². The zero-order valence-corrected chi connectivity index (χ0v) is 23.5. The molecule has 4 aliphatic heterocycles. The van der Waals surface area contributed by atoms with Crippen LogP contribution in [0.25, 0.3) is 0 Å². The van der Waals surface area contributed by atoms with Crippen LogP contribution in [-0.2, 0) is 33.2 Å². The average molecular weight is 667 g/mol. The standard InChI is InChI=1S/C24H42O21/c25-1-5-9(27)13(31)18(36)24(42-5)45-20-6(2-26)43-23(19(37)15(20)33)40-4-8-11(29)14(32)17(35)22(44-8)39-3-7-10(28)12(30)16(34)21(38)41-7/h5-38H,1-4H2/t5-,6-,7-,8-,9+,10+,11+,12+,13+,14+,15-,16-,17-,18-,19-,20+,21-,22-,23-,24-/m1/s1. The van der Waals surface area contributed by atoms with Crippen LogP contribution in [-0.4, -0.2) is 221 Å². The van der Waals surface area contributed by atoms with Gasteiger partial charge in [0.15, 0.2) is 25.2 Å². The molecule has 0 radical (unpaired) electrons. The van der Waals surface area contributed by atoms with E-state index in [2.05, 4.69) is 0 Å². The third kappa shape index (κ3) is 7.75. The summed E-state index contributed by atoms with van der Waals surface area (Å²) in [6.45, 7) is -2.92. The van der Waals surface area contributed by atoms with Crippen LogP contribution in [0, 0.1) is 0 Å². The molecule has 0 spiro atoms. The molecule has 4 rings (SSSR count). The molecule has 20 atom stereocenters. The Kier molecular flexibility index (Phi) is 12.8. The van der Waals surface area contributed by atoms with Crippen molar-refractivity contribution in [3.8, 4) is 0 Å². The highest BCUT2D eigenvalue weighted by molar-refractivity contribution is 4.95. The summed E-state index contributed by atoms with van der Waals surface area (Å²) >= 11 is 0. The molecule has 45 heavy (non-hydrogen) atoms. The molecular formula is C24H42O21. The molecule has 264 valence electrons. The summed E-state index contributed by atoms with van der Waals surface area (Å²) < 4.78 is 37.4. The number of rotatable bonds is 10. The van der Waals surface area contributed by atoms with E-state index in [1.54, 1.807) is 0 Å². The van der Waals surface area contributed by atoms with Gasteiger partial charge in [0.25, 0.3) is 0 Å². The highest BCUT2D eigenvalue weighted by Crippen LogP contribution is 2.31. The molecule has 0 aromatic carbocycles. The molecule has 0 saturated carbocycles. The number of hydrogen-bond acceptors (Lipinski definition) is 21. The first-order valence-corrected chi connectivity index (χ1v) is 14.1. The maximum absolute atomic E-state index is 10.7. The van der Waals surface area contributed by atoms with Gasteiger partial charge in [-0.05, 0) is 0 Å². The molecule has 4 fully saturated rings. The summed E-state index contributed by atoms with van der Waals surface area (Å²) in [6.07, 6.45) is -34.3. The van der Waals surface area contributed by atoms with Gasteiger partial charge in [0.1, 0.15) is 97.7 Å². The van der Waals surface area contributed by atoms with Crippen molar-refractivity contribution in [1.82, 2.24) is 0 Å². The van der Waals surface area contributed by atoms with Crippen LogP contribution in [0.3, 0.4) is 0 Å². The third-order valence-corrected chi connectivity index (χ3v) is 8.17. The Morgan fingerprint density at radius 3 is 1.31 bits per heavy atom. The van der Waals surface area contributed by atoms with E-state index in [1.165, 1.54) is 0 Å².